The number of aliphatic hydroxyl groups excluding tert-OH is 2. The van der Waals surface area contributed by atoms with E-state index in [1.807, 2.05) is 32.9 Å². The Balaban J connectivity index is 1.70. The highest BCUT2D eigenvalue weighted by molar-refractivity contribution is 6.14. The molecule has 0 saturated heterocycles. The van der Waals surface area contributed by atoms with Gasteiger partial charge in [-0.15, -0.1) is 0 Å². The summed E-state index contributed by atoms with van der Waals surface area (Å²) in [5.41, 5.74) is 13.0. The van der Waals surface area contributed by atoms with E-state index in [2.05, 4.69) is 0 Å². The molecule has 0 spiro atoms. The first-order valence-corrected chi connectivity index (χ1v) is 14.9. The first-order valence-electron chi connectivity index (χ1n) is 14.9. The number of benzene rings is 1. The smallest absolute Gasteiger partial charge is 0.251 e. The maximum Gasteiger partial charge on any atom is 0.251 e. The normalized spacial score (nSPS) is 28.5. The minimum atomic E-state index is -2.05. The predicted molar refractivity (Wildman–Crippen MR) is 166 cm³/mol. The van der Waals surface area contributed by atoms with E-state index in [1.54, 1.807) is 37.6 Å². The highest BCUT2D eigenvalue weighted by Crippen LogP contribution is 2.55. The third-order valence-corrected chi connectivity index (χ3v) is 9.83. The van der Waals surface area contributed by atoms with Crippen LogP contribution < -0.4 is 11.5 Å². The van der Waals surface area contributed by atoms with Gasteiger partial charge in [-0.2, -0.15) is 0 Å². The lowest BCUT2D eigenvalue weighted by molar-refractivity contribution is -0.120. The number of ketones is 1. The lowest BCUT2D eigenvalue weighted by atomic mass is 9.56. The van der Waals surface area contributed by atoms with Crippen molar-refractivity contribution in [1.29, 1.82) is 0 Å². The highest BCUT2D eigenvalue weighted by atomic mass is 16.3. The lowest BCUT2D eigenvalue weighted by Gasteiger charge is -2.52. The van der Waals surface area contributed by atoms with Crippen molar-refractivity contribution in [3.8, 4) is 16.9 Å². The average molecular weight is 606 g/mol. The molecule has 1 amide bonds. The van der Waals surface area contributed by atoms with Gasteiger partial charge in [-0.1, -0.05) is 11.6 Å². The van der Waals surface area contributed by atoms with Gasteiger partial charge in [-0.05, 0) is 108 Å². The molecule has 0 fully saturated rings. The van der Waals surface area contributed by atoms with Gasteiger partial charge in [0.2, 0.25) is 0 Å². The van der Waals surface area contributed by atoms with Gasteiger partial charge in [0, 0.05) is 16.7 Å². The summed E-state index contributed by atoms with van der Waals surface area (Å²) < 4.78 is 5.39. The topological polar surface area (TPSA) is 183 Å². The van der Waals surface area contributed by atoms with E-state index in [9.17, 15) is 30.0 Å². The molecule has 44 heavy (non-hydrogen) atoms. The predicted octanol–water partition coefficient (Wildman–Crippen LogP) is 4.06. The molecular formula is C34H43N3O7. The molecule has 236 valence electrons. The van der Waals surface area contributed by atoms with Crippen LogP contribution in [-0.2, 0) is 17.6 Å². The fraction of sp³-hybridized carbons (Fsp3) is 0.471. The Bertz CT molecular complexity index is 1610. The van der Waals surface area contributed by atoms with Crippen LogP contribution in [0.25, 0.3) is 11.1 Å². The maximum absolute atomic E-state index is 14.4. The van der Waals surface area contributed by atoms with Gasteiger partial charge in [0.15, 0.2) is 5.78 Å². The minimum Gasteiger partial charge on any atom is -0.511 e. The van der Waals surface area contributed by atoms with Gasteiger partial charge in [0.25, 0.3) is 5.91 Å². The van der Waals surface area contributed by atoms with Crippen molar-refractivity contribution in [3.05, 3.63) is 75.7 Å². The molecule has 10 heteroatoms. The summed E-state index contributed by atoms with van der Waals surface area (Å²) in [5.74, 6) is -4.57. The SMILES string of the molecule is C/C=C(/C)CC(C)(N)Cc1cc(-c2ccoc2)c2c(c1O)C(=O)C1=C(O)C3C(CC1C2)[C@H](N(C)C)C(O)=C(C(N)=O)C3(C)O. The summed E-state index contributed by atoms with van der Waals surface area (Å²) in [6, 6.07) is 2.92. The van der Waals surface area contributed by atoms with Crippen LogP contribution in [0.3, 0.4) is 0 Å². The number of carbonyl (C=O) groups is 2. The van der Waals surface area contributed by atoms with E-state index >= 15 is 0 Å². The van der Waals surface area contributed by atoms with Crippen molar-refractivity contribution >= 4 is 11.7 Å². The molecule has 10 nitrogen and oxygen atoms in total. The van der Waals surface area contributed by atoms with Crippen molar-refractivity contribution in [2.45, 2.75) is 70.6 Å². The van der Waals surface area contributed by atoms with Crippen LogP contribution in [0.4, 0.5) is 0 Å². The largest absolute Gasteiger partial charge is 0.511 e. The number of phenolic OH excluding ortho intramolecular Hbond substituents is 1. The fourth-order valence-corrected chi connectivity index (χ4v) is 8.06. The molecule has 1 heterocycles. The number of Topliss-reactive ketones (excluding diaryl/α,β-unsaturated/α-hetero) is 1. The van der Waals surface area contributed by atoms with E-state index in [4.69, 9.17) is 15.9 Å². The number of furan rings is 1. The second-order valence-electron chi connectivity index (χ2n) is 13.5. The van der Waals surface area contributed by atoms with Gasteiger partial charge >= 0.3 is 0 Å². The molecular weight excluding hydrogens is 562 g/mol. The zero-order chi connectivity index (χ0) is 32.5. The Kier molecular flexibility index (Phi) is 7.85. The van der Waals surface area contributed by atoms with E-state index < -0.39 is 52.2 Å². The summed E-state index contributed by atoms with van der Waals surface area (Å²) in [6.07, 6.45) is 6.61. The summed E-state index contributed by atoms with van der Waals surface area (Å²) in [4.78, 5) is 28.6. The monoisotopic (exact) mass is 605 g/mol. The Morgan fingerprint density at radius 3 is 2.50 bits per heavy atom. The average Bonchev–Trinajstić information content (AvgIpc) is 3.43. The number of allylic oxidation sites excluding steroid dienone is 2. The van der Waals surface area contributed by atoms with Gasteiger partial charge in [-0.3, -0.25) is 14.5 Å². The summed E-state index contributed by atoms with van der Waals surface area (Å²) in [5, 5.41) is 46.4. The number of phenols is 1. The van der Waals surface area contributed by atoms with Gasteiger partial charge in [-0.25, -0.2) is 0 Å². The molecule has 0 radical (unpaired) electrons. The molecule has 2 aromatic rings. The maximum atomic E-state index is 14.4. The number of amides is 1. The number of fused-ring (bicyclic) bond motifs is 3. The van der Waals surface area contributed by atoms with Crippen LogP contribution in [0.5, 0.6) is 5.75 Å². The summed E-state index contributed by atoms with van der Waals surface area (Å²) >= 11 is 0. The molecule has 0 aliphatic heterocycles. The van der Waals surface area contributed by atoms with Crippen LogP contribution in [0, 0.1) is 17.8 Å². The van der Waals surface area contributed by atoms with Crippen molar-refractivity contribution in [3.63, 3.8) is 0 Å². The molecule has 1 aromatic carbocycles. The number of aromatic hydroxyl groups is 1. The zero-order valence-corrected chi connectivity index (χ0v) is 26.1. The number of hydrogen-bond donors (Lipinski definition) is 6. The van der Waals surface area contributed by atoms with E-state index in [-0.39, 0.29) is 34.8 Å². The number of nitrogens with two attached hydrogens (primary N) is 2. The molecule has 6 atom stereocenters. The van der Waals surface area contributed by atoms with Crippen LogP contribution >= 0.6 is 0 Å². The third-order valence-electron chi connectivity index (χ3n) is 9.83. The Hall–Kier alpha value is -3.86. The van der Waals surface area contributed by atoms with Crippen LogP contribution in [0.2, 0.25) is 0 Å². The number of nitrogens with zero attached hydrogens (tertiary/aromatic N) is 1. The van der Waals surface area contributed by atoms with Crippen molar-refractivity contribution in [2.24, 2.45) is 29.2 Å². The van der Waals surface area contributed by atoms with Crippen molar-refractivity contribution in [1.82, 2.24) is 4.90 Å². The summed E-state index contributed by atoms with van der Waals surface area (Å²) in [6.45, 7) is 7.16. The van der Waals surface area contributed by atoms with Gasteiger partial charge in [0.1, 0.15) is 22.9 Å². The van der Waals surface area contributed by atoms with E-state index in [1.165, 1.54) is 6.92 Å². The van der Waals surface area contributed by atoms with Gasteiger partial charge in [0.05, 0.1) is 35.6 Å². The number of aliphatic hydroxyl groups is 3. The van der Waals surface area contributed by atoms with Crippen molar-refractivity contribution in [2.75, 3.05) is 14.1 Å². The number of likely N-dealkylation sites (N-methyl/N-ethyl adjacent to an activating group) is 1. The fourth-order valence-electron chi connectivity index (χ4n) is 8.06. The molecule has 3 aliphatic rings. The molecule has 1 aromatic heterocycles. The minimum absolute atomic E-state index is 0.0848. The van der Waals surface area contributed by atoms with Crippen molar-refractivity contribution < 1.29 is 34.4 Å². The standard InChI is InChI=1S/C34H43N3O7/c1-7-16(2)13-33(3,36)14-19-12-20(17-8-9-44-15-17)21-10-18-11-22-25(30(40)23(18)29(39)24(21)28(19)38)34(4,43)26(32(35)42)31(41)27(22)37(5)6/h7-9,12,15,18,22,25,27,38,40-41,43H,10-11,13-14,36H2,1-6H3,(H2,35,42)/b16-7-/t18?,22?,25?,27-,33?,34?/m0/s1. The van der Waals surface area contributed by atoms with Crippen LogP contribution in [0.1, 0.15) is 62.0 Å². The molecule has 0 bridgehead atoms. The number of primary amides is 1. The molecule has 0 saturated carbocycles. The van der Waals surface area contributed by atoms with Crippen LogP contribution in [0.15, 0.2) is 63.4 Å². The summed E-state index contributed by atoms with van der Waals surface area (Å²) in [7, 11) is 3.46. The Labute approximate surface area is 257 Å². The highest BCUT2D eigenvalue weighted by Gasteiger charge is 2.59. The van der Waals surface area contributed by atoms with Gasteiger partial charge < -0.3 is 36.3 Å². The first kappa shape index (κ1) is 31.6. The van der Waals surface area contributed by atoms with E-state index in [0.717, 1.165) is 16.7 Å². The second kappa shape index (κ2) is 10.9. The number of carbonyl (C=O) groups excluding carboxylic acids is 2. The molecule has 5 rings (SSSR count). The molecule has 3 aliphatic carbocycles. The van der Waals surface area contributed by atoms with E-state index in [0.29, 0.717) is 30.4 Å². The zero-order valence-electron chi connectivity index (χ0n) is 26.1. The number of hydrogen-bond acceptors (Lipinski definition) is 9. The first-order chi connectivity index (χ1) is 20.5. The third kappa shape index (κ3) is 4.95. The van der Waals surface area contributed by atoms with Crippen LogP contribution in [-0.4, -0.2) is 68.3 Å². The Morgan fingerprint density at radius 1 is 1.25 bits per heavy atom. The molecule has 5 unspecified atom stereocenters. The quantitative estimate of drug-likeness (QED) is 0.253. The second-order valence-corrected chi connectivity index (χ2v) is 13.5. The number of rotatable bonds is 7. The lowest BCUT2D eigenvalue weighted by Crippen LogP contribution is -2.59. The molecule has 8 N–H and O–H groups in total. The Morgan fingerprint density at radius 2 is 1.93 bits per heavy atom.